The van der Waals surface area contributed by atoms with Crippen LogP contribution in [0.2, 0.25) is 0 Å². The highest BCUT2D eigenvalue weighted by molar-refractivity contribution is 5.93. The Kier molecular flexibility index (Phi) is 5.75. The average molecular weight is 395 g/mol. The van der Waals surface area contributed by atoms with E-state index >= 15 is 0 Å². The topological polar surface area (TPSA) is 79.8 Å². The van der Waals surface area contributed by atoms with Crippen LogP contribution in [0.3, 0.4) is 0 Å². The summed E-state index contributed by atoms with van der Waals surface area (Å²) >= 11 is 0. The molecule has 0 saturated heterocycles. The molecule has 2 N–H and O–H groups in total. The molecular formula is C24H21N5O. The monoisotopic (exact) mass is 395 g/mol. The molecule has 30 heavy (non-hydrogen) atoms. The second kappa shape index (κ2) is 8.96. The number of aromatic nitrogens is 3. The molecule has 6 nitrogen and oxygen atoms in total. The van der Waals surface area contributed by atoms with Gasteiger partial charge in [0.05, 0.1) is 0 Å². The van der Waals surface area contributed by atoms with Gasteiger partial charge in [0.15, 0.2) is 5.82 Å². The Morgan fingerprint density at radius 3 is 2.40 bits per heavy atom. The Bertz CT molecular complexity index is 1150. The zero-order valence-electron chi connectivity index (χ0n) is 16.5. The Morgan fingerprint density at radius 1 is 0.900 bits per heavy atom. The van der Waals surface area contributed by atoms with E-state index in [4.69, 9.17) is 0 Å². The molecule has 4 aromatic rings. The molecule has 0 aliphatic heterocycles. The van der Waals surface area contributed by atoms with Crippen LogP contribution in [0.1, 0.15) is 21.6 Å². The summed E-state index contributed by atoms with van der Waals surface area (Å²) in [5.74, 6) is 0.787. The summed E-state index contributed by atoms with van der Waals surface area (Å²) in [4.78, 5) is 26.0. The zero-order valence-corrected chi connectivity index (χ0v) is 16.5. The van der Waals surface area contributed by atoms with Gasteiger partial charge in [0.1, 0.15) is 11.5 Å². The van der Waals surface area contributed by atoms with E-state index in [2.05, 4.69) is 25.6 Å². The second-order valence-corrected chi connectivity index (χ2v) is 6.81. The summed E-state index contributed by atoms with van der Waals surface area (Å²) in [7, 11) is 0. The van der Waals surface area contributed by atoms with Gasteiger partial charge in [-0.1, -0.05) is 48.5 Å². The first kappa shape index (κ1) is 19.3. The fraction of sp³-hybridized carbons (Fsp3) is 0.0833. The number of amides is 1. The van der Waals surface area contributed by atoms with Gasteiger partial charge in [-0.05, 0) is 36.2 Å². The molecule has 0 atom stereocenters. The van der Waals surface area contributed by atoms with E-state index in [0.717, 1.165) is 22.4 Å². The molecule has 2 heterocycles. The predicted molar refractivity (Wildman–Crippen MR) is 117 cm³/mol. The maximum absolute atomic E-state index is 12.8. The molecule has 0 saturated carbocycles. The lowest BCUT2D eigenvalue weighted by Gasteiger charge is -2.12. The van der Waals surface area contributed by atoms with Gasteiger partial charge in [0.25, 0.3) is 5.91 Å². The van der Waals surface area contributed by atoms with Crippen LogP contribution >= 0.6 is 0 Å². The molecule has 4 rings (SSSR count). The Morgan fingerprint density at radius 2 is 1.63 bits per heavy atom. The van der Waals surface area contributed by atoms with Crippen LogP contribution in [0.25, 0.3) is 11.4 Å². The largest absolute Gasteiger partial charge is 0.347 e. The van der Waals surface area contributed by atoms with E-state index in [1.165, 1.54) is 0 Å². The number of anilines is 2. The number of para-hydroxylation sites is 1. The maximum atomic E-state index is 12.8. The summed E-state index contributed by atoms with van der Waals surface area (Å²) in [6.45, 7) is 2.41. The highest BCUT2D eigenvalue weighted by atomic mass is 16.1. The van der Waals surface area contributed by atoms with Gasteiger partial charge in [-0.25, -0.2) is 9.97 Å². The summed E-state index contributed by atoms with van der Waals surface area (Å²) in [5, 5.41) is 6.22. The first-order chi connectivity index (χ1) is 14.7. The Balaban J connectivity index is 1.65. The minimum Gasteiger partial charge on any atom is -0.347 e. The van der Waals surface area contributed by atoms with Gasteiger partial charge in [-0.15, -0.1) is 0 Å². The first-order valence-corrected chi connectivity index (χ1v) is 9.63. The number of aryl methyl sites for hydroxylation is 1. The molecule has 0 fully saturated rings. The highest BCUT2D eigenvalue weighted by Gasteiger charge is 2.14. The lowest BCUT2D eigenvalue weighted by molar-refractivity contribution is 0.0946. The SMILES string of the molecule is Cc1ccccc1Nc1cc(C(=O)NCc2ccncc2)nc(-c2ccccc2)n1. The van der Waals surface area contributed by atoms with Crippen LogP contribution in [-0.4, -0.2) is 20.9 Å². The summed E-state index contributed by atoms with van der Waals surface area (Å²) in [6, 6.07) is 22.9. The lowest BCUT2D eigenvalue weighted by Crippen LogP contribution is -2.24. The molecule has 0 aliphatic carbocycles. The third-order valence-electron chi connectivity index (χ3n) is 4.60. The molecule has 0 aliphatic rings. The van der Waals surface area contributed by atoms with Crippen molar-refractivity contribution in [1.29, 1.82) is 0 Å². The lowest BCUT2D eigenvalue weighted by atomic mass is 10.2. The third-order valence-corrected chi connectivity index (χ3v) is 4.60. The van der Waals surface area contributed by atoms with Crippen molar-refractivity contribution >= 4 is 17.4 Å². The van der Waals surface area contributed by atoms with Gasteiger partial charge in [-0.3, -0.25) is 9.78 Å². The molecule has 0 radical (unpaired) electrons. The van der Waals surface area contributed by atoms with Crippen molar-refractivity contribution in [3.05, 3.63) is 102 Å². The number of nitrogens with one attached hydrogen (secondary N) is 2. The van der Waals surface area contributed by atoms with E-state index in [-0.39, 0.29) is 5.91 Å². The first-order valence-electron chi connectivity index (χ1n) is 9.63. The summed E-state index contributed by atoms with van der Waals surface area (Å²) < 4.78 is 0. The number of hydrogen-bond donors (Lipinski definition) is 2. The maximum Gasteiger partial charge on any atom is 0.270 e. The van der Waals surface area contributed by atoms with Crippen molar-refractivity contribution in [3.63, 3.8) is 0 Å². The average Bonchev–Trinajstić information content (AvgIpc) is 2.80. The van der Waals surface area contributed by atoms with Crippen molar-refractivity contribution in [2.24, 2.45) is 0 Å². The van der Waals surface area contributed by atoms with E-state index in [1.54, 1.807) is 18.5 Å². The van der Waals surface area contributed by atoms with E-state index in [0.29, 0.717) is 23.9 Å². The van der Waals surface area contributed by atoms with Gasteiger partial charge in [0, 0.05) is 36.3 Å². The quantitative estimate of drug-likeness (QED) is 0.502. The molecule has 0 unspecified atom stereocenters. The highest BCUT2D eigenvalue weighted by Crippen LogP contribution is 2.22. The van der Waals surface area contributed by atoms with E-state index in [9.17, 15) is 4.79 Å². The van der Waals surface area contributed by atoms with Crippen molar-refractivity contribution in [1.82, 2.24) is 20.3 Å². The van der Waals surface area contributed by atoms with Crippen LogP contribution in [-0.2, 0) is 6.54 Å². The Labute approximate surface area is 175 Å². The number of pyridine rings is 1. The minimum atomic E-state index is -0.265. The molecule has 6 heteroatoms. The number of rotatable bonds is 6. The molecule has 2 aromatic carbocycles. The van der Waals surface area contributed by atoms with Crippen LogP contribution < -0.4 is 10.6 Å². The van der Waals surface area contributed by atoms with E-state index in [1.807, 2.05) is 73.7 Å². The zero-order chi connectivity index (χ0) is 20.8. The molecule has 2 aromatic heterocycles. The minimum absolute atomic E-state index is 0.265. The van der Waals surface area contributed by atoms with Gasteiger partial charge in [0.2, 0.25) is 0 Å². The van der Waals surface area contributed by atoms with Crippen molar-refractivity contribution < 1.29 is 4.79 Å². The Hall–Kier alpha value is -4.06. The van der Waals surface area contributed by atoms with Gasteiger partial charge < -0.3 is 10.6 Å². The van der Waals surface area contributed by atoms with Crippen molar-refractivity contribution in [2.45, 2.75) is 13.5 Å². The van der Waals surface area contributed by atoms with Gasteiger partial charge >= 0.3 is 0 Å². The summed E-state index contributed by atoms with van der Waals surface area (Å²) in [5.41, 5.74) is 4.12. The third kappa shape index (κ3) is 4.67. The number of carbonyl (C=O) groups excluding carboxylic acids is 1. The molecule has 0 bridgehead atoms. The van der Waals surface area contributed by atoms with Crippen LogP contribution in [0.4, 0.5) is 11.5 Å². The second-order valence-electron chi connectivity index (χ2n) is 6.81. The molecular weight excluding hydrogens is 374 g/mol. The molecule has 0 spiro atoms. The fourth-order valence-electron chi connectivity index (χ4n) is 2.97. The van der Waals surface area contributed by atoms with Gasteiger partial charge in [-0.2, -0.15) is 0 Å². The van der Waals surface area contributed by atoms with Crippen molar-refractivity contribution in [2.75, 3.05) is 5.32 Å². The normalized spacial score (nSPS) is 10.4. The fourth-order valence-corrected chi connectivity index (χ4v) is 2.97. The number of nitrogens with zero attached hydrogens (tertiary/aromatic N) is 3. The van der Waals surface area contributed by atoms with E-state index < -0.39 is 0 Å². The van der Waals surface area contributed by atoms with Crippen LogP contribution in [0, 0.1) is 6.92 Å². The number of hydrogen-bond acceptors (Lipinski definition) is 5. The standard InChI is InChI=1S/C24H21N5O/c1-17-7-5-6-10-20(17)27-22-15-21(24(30)26-16-18-11-13-25-14-12-18)28-23(29-22)19-8-3-2-4-9-19/h2-15H,16H2,1H3,(H,26,30)(H,27,28,29). The van der Waals surface area contributed by atoms with Crippen molar-refractivity contribution in [3.8, 4) is 11.4 Å². The molecule has 148 valence electrons. The predicted octanol–water partition coefficient (Wildman–Crippen LogP) is 4.52. The summed E-state index contributed by atoms with van der Waals surface area (Å²) in [6.07, 6.45) is 3.40. The number of benzene rings is 2. The smallest absolute Gasteiger partial charge is 0.270 e. The molecule has 1 amide bonds. The van der Waals surface area contributed by atoms with Crippen LogP contribution in [0.15, 0.2) is 85.2 Å². The van der Waals surface area contributed by atoms with Crippen LogP contribution in [0.5, 0.6) is 0 Å². The number of carbonyl (C=O) groups is 1.